The monoisotopic (exact) mass is 653 g/mol. The molecule has 2 aliphatic heterocycles. The van der Waals surface area contributed by atoms with Crippen LogP contribution < -0.4 is 29.1 Å². The van der Waals surface area contributed by atoms with E-state index in [9.17, 15) is 14.9 Å². The molecule has 0 fully saturated rings. The van der Waals surface area contributed by atoms with Gasteiger partial charge in [-0.05, 0) is 49.7 Å². The minimum Gasteiger partial charge on any atom is -0.490 e. The van der Waals surface area contributed by atoms with Gasteiger partial charge < -0.3 is 39.0 Å². The number of nitrogens with one attached hydrogen (secondary N) is 2. The van der Waals surface area contributed by atoms with Crippen LogP contribution in [0.15, 0.2) is 61.4 Å². The van der Waals surface area contributed by atoms with Gasteiger partial charge in [0, 0.05) is 44.0 Å². The van der Waals surface area contributed by atoms with Crippen molar-refractivity contribution in [3.8, 4) is 17.6 Å². The molecule has 2 aliphatic rings. The number of aromatic nitrogens is 4. The quantitative estimate of drug-likeness (QED) is 0.236. The zero-order valence-corrected chi connectivity index (χ0v) is 28.0. The first-order chi connectivity index (χ1) is 23.4. The van der Waals surface area contributed by atoms with Gasteiger partial charge in [-0.1, -0.05) is 13.8 Å². The molecule has 2 N–H and O–H groups in total. The molecular formula is C35H43N9O4. The Bertz CT molecular complexity index is 1700. The van der Waals surface area contributed by atoms with Gasteiger partial charge in [0.25, 0.3) is 0 Å². The predicted molar refractivity (Wildman–Crippen MR) is 184 cm³/mol. The highest BCUT2D eigenvalue weighted by Gasteiger charge is 2.28. The first kappa shape index (κ1) is 33.8. The molecule has 4 heterocycles. The van der Waals surface area contributed by atoms with E-state index in [0.29, 0.717) is 44.9 Å². The van der Waals surface area contributed by atoms with Crippen LogP contribution in [0.25, 0.3) is 0 Å². The van der Waals surface area contributed by atoms with Crippen LogP contribution in [0.4, 0.5) is 22.7 Å². The molecule has 4 aromatic rings. The Morgan fingerprint density at radius 2 is 1.62 bits per heavy atom. The molecule has 13 heteroatoms. The number of fused-ring (bicyclic) bond motifs is 2. The molecule has 0 saturated heterocycles. The van der Waals surface area contributed by atoms with Gasteiger partial charge >= 0.3 is 0 Å². The fraction of sp³-hybridized carbons (Fsp3) is 0.400. The fourth-order valence-corrected chi connectivity index (χ4v) is 5.83. The van der Waals surface area contributed by atoms with E-state index in [-0.39, 0.29) is 11.8 Å². The summed E-state index contributed by atoms with van der Waals surface area (Å²) in [6, 6.07) is 13.4. The van der Waals surface area contributed by atoms with Gasteiger partial charge in [-0.3, -0.25) is 9.59 Å². The van der Waals surface area contributed by atoms with Crippen molar-refractivity contribution < 1.29 is 19.1 Å². The summed E-state index contributed by atoms with van der Waals surface area (Å²) in [5, 5.41) is 9.64. The van der Waals surface area contributed by atoms with Crippen LogP contribution in [0, 0.1) is 11.3 Å². The number of ether oxygens (including phenoxy) is 2. The van der Waals surface area contributed by atoms with Crippen LogP contribution in [0.1, 0.15) is 57.5 Å². The van der Waals surface area contributed by atoms with Gasteiger partial charge in [0.15, 0.2) is 6.04 Å². The van der Waals surface area contributed by atoms with Crippen LogP contribution in [-0.2, 0) is 16.1 Å². The maximum atomic E-state index is 12.3. The lowest BCUT2D eigenvalue weighted by Crippen LogP contribution is -2.36. The van der Waals surface area contributed by atoms with Crippen LogP contribution in [0.5, 0.6) is 11.5 Å². The molecule has 0 bridgehead atoms. The number of carbonyl (C=O) groups is 2. The second kappa shape index (κ2) is 15.9. The van der Waals surface area contributed by atoms with E-state index in [1.807, 2.05) is 67.1 Å². The summed E-state index contributed by atoms with van der Waals surface area (Å²) in [7, 11) is 1.75. The maximum absolute atomic E-state index is 12.3. The molecule has 0 aliphatic carbocycles. The molecule has 0 saturated carbocycles. The van der Waals surface area contributed by atoms with E-state index in [1.165, 1.54) is 0 Å². The summed E-state index contributed by atoms with van der Waals surface area (Å²) in [6.45, 7) is 9.83. The lowest BCUT2D eigenvalue weighted by Gasteiger charge is -2.34. The van der Waals surface area contributed by atoms with Gasteiger partial charge in [0.2, 0.25) is 11.8 Å². The van der Waals surface area contributed by atoms with Gasteiger partial charge in [-0.25, -0.2) is 9.97 Å². The largest absolute Gasteiger partial charge is 0.490 e. The molecular weight excluding hydrogens is 610 g/mol. The Hall–Kier alpha value is -5.51. The summed E-state index contributed by atoms with van der Waals surface area (Å²) in [4.78, 5) is 46.2. The number of nitriles is 1. The van der Waals surface area contributed by atoms with E-state index in [4.69, 9.17) is 9.47 Å². The van der Waals surface area contributed by atoms with Crippen molar-refractivity contribution in [3.63, 3.8) is 0 Å². The van der Waals surface area contributed by atoms with Crippen LogP contribution >= 0.6 is 0 Å². The summed E-state index contributed by atoms with van der Waals surface area (Å²) in [5.74, 6) is 1.77. The second-order valence-corrected chi connectivity index (χ2v) is 11.4. The van der Waals surface area contributed by atoms with E-state index in [0.717, 1.165) is 59.4 Å². The molecule has 2 amide bonds. The summed E-state index contributed by atoms with van der Waals surface area (Å²) >= 11 is 0. The molecule has 48 heavy (non-hydrogen) atoms. The van der Waals surface area contributed by atoms with Crippen molar-refractivity contribution in [2.75, 3.05) is 59.5 Å². The Balaban J connectivity index is 0.000000188. The van der Waals surface area contributed by atoms with Crippen molar-refractivity contribution in [2.24, 2.45) is 0 Å². The van der Waals surface area contributed by atoms with E-state index < -0.39 is 6.04 Å². The number of carbonyl (C=O) groups excluding carboxylic acids is 2. The maximum Gasteiger partial charge on any atom is 0.226 e. The van der Waals surface area contributed by atoms with E-state index in [1.54, 1.807) is 30.8 Å². The lowest BCUT2D eigenvalue weighted by atomic mass is 10.1. The highest BCUT2D eigenvalue weighted by molar-refractivity contribution is 5.94. The average molecular weight is 654 g/mol. The van der Waals surface area contributed by atoms with Crippen molar-refractivity contribution in [1.29, 1.82) is 5.26 Å². The molecule has 2 aromatic carbocycles. The third-order valence-corrected chi connectivity index (χ3v) is 8.36. The minimum atomic E-state index is -0.488. The van der Waals surface area contributed by atoms with Crippen molar-refractivity contribution in [1.82, 2.24) is 19.9 Å². The Morgan fingerprint density at radius 1 is 0.938 bits per heavy atom. The Morgan fingerprint density at radius 3 is 2.27 bits per heavy atom. The number of rotatable bonds is 10. The fourth-order valence-electron chi connectivity index (χ4n) is 5.83. The normalized spacial score (nSPS) is 13.8. The van der Waals surface area contributed by atoms with E-state index in [2.05, 4.69) is 37.0 Å². The van der Waals surface area contributed by atoms with Gasteiger partial charge in [-0.15, -0.1) is 0 Å². The van der Waals surface area contributed by atoms with Crippen molar-refractivity contribution in [2.45, 2.75) is 52.6 Å². The van der Waals surface area contributed by atoms with Gasteiger partial charge in [-0.2, -0.15) is 5.26 Å². The average Bonchev–Trinajstić information content (AvgIpc) is 3.84. The first-order valence-corrected chi connectivity index (χ1v) is 16.4. The highest BCUT2D eigenvalue weighted by Crippen LogP contribution is 2.39. The van der Waals surface area contributed by atoms with Crippen molar-refractivity contribution >= 4 is 34.6 Å². The molecule has 0 spiro atoms. The summed E-state index contributed by atoms with van der Waals surface area (Å²) in [6.07, 6.45) is 8.60. The third kappa shape index (κ3) is 7.54. The van der Waals surface area contributed by atoms with E-state index >= 15 is 0 Å². The Kier molecular flexibility index (Phi) is 11.2. The zero-order valence-electron chi connectivity index (χ0n) is 28.0. The molecule has 13 nitrogen and oxygen atoms in total. The number of imidazole rings is 2. The number of amides is 2. The number of benzene rings is 2. The van der Waals surface area contributed by atoms with Crippen LogP contribution in [0.2, 0.25) is 0 Å². The minimum absolute atomic E-state index is 0.0311. The smallest absolute Gasteiger partial charge is 0.226 e. The number of aromatic amines is 2. The highest BCUT2D eigenvalue weighted by atomic mass is 16.5. The van der Waals surface area contributed by atoms with Crippen LogP contribution in [0.3, 0.4) is 0 Å². The molecule has 252 valence electrons. The number of H-pyrrole nitrogens is 2. The van der Waals surface area contributed by atoms with Gasteiger partial charge in [0.1, 0.15) is 24.7 Å². The SMILES string of the molecule is CCC(=O)N(C)c1ccc2c(c1)N(C(C#N)c1cnc[nH]1)CCO2.CCCC(=O)N(CC)c1ccc2c(c1)N(Cc1cnc[nH]1)CCO2. The molecule has 2 aromatic heterocycles. The molecule has 1 atom stereocenters. The number of hydrogen-bond acceptors (Lipinski definition) is 9. The topological polar surface area (TPSA) is 147 Å². The van der Waals surface area contributed by atoms with Crippen molar-refractivity contribution in [3.05, 3.63) is 72.8 Å². The summed E-state index contributed by atoms with van der Waals surface area (Å²) in [5.41, 5.74) is 5.32. The number of hydrogen-bond donors (Lipinski definition) is 2. The third-order valence-electron chi connectivity index (χ3n) is 8.36. The molecule has 6 rings (SSSR count). The lowest BCUT2D eigenvalue weighted by molar-refractivity contribution is -0.119. The number of nitrogens with zero attached hydrogens (tertiary/aromatic N) is 7. The predicted octanol–water partition coefficient (Wildman–Crippen LogP) is 5.21. The molecule has 1 unspecified atom stereocenters. The zero-order chi connectivity index (χ0) is 34.0. The molecule has 0 radical (unpaired) electrons. The van der Waals surface area contributed by atoms with Crippen LogP contribution in [-0.4, -0.2) is 71.6 Å². The standard InChI is InChI=1S/C18H24N4O2.C17H19N5O2/c1-3-5-18(23)22(4-2)15-6-7-17-16(10-15)21(8-9-24-17)12-14-11-19-13-20-14;1-3-17(23)21(2)12-4-5-16-14(8-12)22(6-7-24-16)15(9-18)13-10-19-11-20-13/h6-7,10-11,13H,3-5,8-9,12H2,1-2H3,(H,19,20);4-5,8,10-11,15H,3,6-7H2,1-2H3,(H,19,20). The van der Waals surface area contributed by atoms with Gasteiger partial charge in [0.05, 0.1) is 67.3 Å². The number of anilines is 4. The first-order valence-electron chi connectivity index (χ1n) is 16.4. The summed E-state index contributed by atoms with van der Waals surface area (Å²) < 4.78 is 11.5. The second-order valence-electron chi connectivity index (χ2n) is 11.4. The Labute approximate surface area is 281 Å².